The normalized spacial score (nSPS) is 17.5. The van der Waals surface area contributed by atoms with E-state index in [0.29, 0.717) is 30.4 Å². The molecule has 1 aromatic rings. The first-order valence-corrected chi connectivity index (χ1v) is 9.60. The summed E-state index contributed by atoms with van der Waals surface area (Å²) < 4.78 is 26.6. The zero-order valence-corrected chi connectivity index (χ0v) is 14.7. The lowest BCUT2D eigenvalue weighted by Gasteiger charge is -2.31. The Hall–Kier alpha value is -1.92. The zero-order chi connectivity index (χ0) is 17.4. The van der Waals surface area contributed by atoms with Gasteiger partial charge in [0, 0.05) is 25.7 Å². The van der Waals surface area contributed by atoms with Gasteiger partial charge in [-0.1, -0.05) is 36.4 Å². The molecule has 5 nitrogen and oxygen atoms in total. The molecule has 1 aliphatic heterocycles. The minimum Gasteiger partial charge on any atom is -0.352 e. The van der Waals surface area contributed by atoms with Crippen molar-refractivity contribution in [3.05, 3.63) is 54.6 Å². The summed E-state index contributed by atoms with van der Waals surface area (Å²) in [6.07, 6.45) is 8.36. The van der Waals surface area contributed by atoms with Crippen molar-refractivity contribution in [1.29, 1.82) is 0 Å². The van der Waals surface area contributed by atoms with E-state index in [-0.39, 0.29) is 5.91 Å². The maximum Gasteiger partial charge on any atom is 0.243 e. The maximum absolute atomic E-state index is 12.5. The van der Waals surface area contributed by atoms with Gasteiger partial charge in [0.15, 0.2) is 0 Å². The summed E-state index contributed by atoms with van der Waals surface area (Å²) in [6.45, 7) is 3.45. The Bertz CT molecular complexity index is 688. The number of hydrogen-bond acceptors (Lipinski definition) is 3. The van der Waals surface area contributed by atoms with Crippen molar-refractivity contribution in [3.8, 4) is 0 Å². The highest BCUT2D eigenvalue weighted by Crippen LogP contribution is 2.23. The second-order valence-electron chi connectivity index (χ2n) is 5.79. The number of rotatable bonds is 6. The number of carbonyl (C=O) groups is 1. The SMILES string of the molecule is CC=CC=CC(=O)NCC1CCN(S(=O)(=O)c2ccccc2)CC1. The summed E-state index contributed by atoms with van der Waals surface area (Å²) in [7, 11) is -3.40. The van der Waals surface area contributed by atoms with Gasteiger partial charge in [-0.2, -0.15) is 4.31 Å². The van der Waals surface area contributed by atoms with Crippen LogP contribution >= 0.6 is 0 Å². The molecule has 0 radical (unpaired) electrons. The number of carbonyl (C=O) groups excluding carboxylic acids is 1. The number of hydrogen-bond donors (Lipinski definition) is 1. The summed E-state index contributed by atoms with van der Waals surface area (Å²) in [5.41, 5.74) is 0. The standard InChI is InChI=1S/C18H24N2O3S/c1-2-3-5-10-18(21)19-15-16-11-13-20(14-12-16)24(22,23)17-8-6-4-7-9-17/h2-10,16H,11-15H2,1H3,(H,19,21). The molecule has 0 aliphatic carbocycles. The zero-order valence-electron chi connectivity index (χ0n) is 13.9. The molecular weight excluding hydrogens is 324 g/mol. The molecule has 1 saturated heterocycles. The van der Waals surface area contributed by atoms with Crippen LogP contribution in [0.1, 0.15) is 19.8 Å². The molecule has 0 bridgehead atoms. The van der Waals surface area contributed by atoms with Gasteiger partial charge in [-0.3, -0.25) is 4.79 Å². The summed E-state index contributed by atoms with van der Waals surface area (Å²) in [4.78, 5) is 12.0. The predicted octanol–water partition coefficient (Wildman–Crippen LogP) is 2.34. The van der Waals surface area contributed by atoms with E-state index in [1.807, 2.05) is 13.0 Å². The molecule has 1 aliphatic rings. The summed E-state index contributed by atoms with van der Waals surface area (Å²) in [5.74, 6) is 0.193. The number of allylic oxidation sites excluding steroid dienone is 3. The monoisotopic (exact) mass is 348 g/mol. The molecule has 1 amide bonds. The fraction of sp³-hybridized carbons (Fsp3) is 0.389. The first-order chi connectivity index (χ1) is 11.5. The van der Waals surface area contributed by atoms with Crippen molar-refractivity contribution in [2.75, 3.05) is 19.6 Å². The molecule has 0 unspecified atom stereocenters. The van der Waals surface area contributed by atoms with E-state index in [4.69, 9.17) is 0 Å². The largest absolute Gasteiger partial charge is 0.352 e. The topological polar surface area (TPSA) is 66.5 Å². The highest BCUT2D eigenvalue weighted by atomic mass is 32.2. The average molecular weight is 348 g/mol. The Labute approximate surface area is 144 Å². The summed E-state index contributed by atoms with van der Waals surface area (Å²) in [6, 6.07) is 8.52. The molecule has 6 heteroatoms. The second kappa shape index (κ2) is 8.80. The van der Waals surface area contributed by atoms with Crippen LogP contribution in [0.3, 0.4) is 0 Å². The van der Waals surface area contributed by atoms with Crippen LogP contribution < -0.4 is 5.32 Å². The Morgan fingerprint density at radius 1 is 1.21 bits per heavy atom. The van der Waals surface area contributed by atoms with Crippen LogP contribution in [0.25, 0.3) is 0 Å². The number of piperidine rings is 1. The fourth-order valence-electron chi connectivity index (χ4n) is 2.65. The maximum atomic E-state index is 12.5. The molecule has 0 aromatic heterocycles. The van der Waals surface area contributed by atoms with E-state index < -0.39 is 10.0 Å². The van der Waals surface area contributed by atoms with Crippen molar-refractivity contribution in [3.63, 3.8) is 0 Å². The minimum atomic E-state index is -3.40. The van der Waals surface area contributed by atoms with E-state index >= 15 is 0 Å². The Kier molecular flexibility index (Phi) is 6.75. The third-order valence-corrected chi connectivity index (χ3v) is 5.98. The van der Waals surface area contributed by atoms with E-state index in [2.05, 4.69) is 5.32 Å². The molecule has 1 N–H and O–H groups in total. The average Bonchev–Trinajstić information content (AvgIpc) is 2.61. The van der Waals surface area contributed by atoms with Crippen LogP contribution in [0.15, 0.2) is 59.5 Å². The third kappa shape index (κ3) is 5.04. The van der Waals surface area contributed by atoms with Crippen LogP contribution in [0.4, 0.5) is 0 Å². The van der Waals surface area contributed by atoms with Gasteiger partial charge in [-0.25, -0.2) is 8.42 Å². The van der Waals surface area contributed by atoms with Crippen LogP contribution in [0, 0.1) is 5.92 Å². The van der Waals surface area contributed by atoms with E-state index in [0.717, 1.165) is 12.8 Å². The van der Waals surface area contributed by atoms with E-state index in [9.17, 15) is 13.2 Å². The molecule has 0 saturated carbocycles. The number of amides is 1. The van der Waals surface area contributed by atoms with E-state index in [1.165, 1.54) is 10.4 Å². The van der Waals surface area contributed by atoms with E-state index in [1.54, 1.807) is 42.5 Å². The van der Waals surface area contributed by atoms with Crippen LogP contribution in [-0.4, -0.2) is 38.3 Å². The van der Waals surface area contributed by atoms with Crippen molar-refractivity contribution in [1.82, 2.24) is 9.62 Å². The van der Waals surface area contributed by atoms with Gasteiger partial charge < -0.3 is 5.32 Å². The lowest BCUT2D eigenvalue weighted by Crippen LogP contribution is -2.41. The number of sulfonamides is 1. The highest BCUT2D eigenvalue weighted by molar-refractivity contribution is 7.89. The van der Waals surface area contributed by atoms with Crippen molar-refractivity contribution in [2.45, 2.75) is 24.7 Å². The first-order valence-electron chi connectivity index (χ1n) is 8.16. The first kappa shape index (κ1) is 18.4. The molecule has 1 heterocycles. The number of nitrogens with zero attached hydrogens (tertiary/aromatic N) is 1. The lowest BCUT2D eigenvalue weighted by molar-refractivity contribution is -0.116. The molecule has 130 valence electrons. The molecule has 1 fully saturated rings. The van der Waals surface area contributed by atoms with Gasteiger partial charge in [0.1, 0.15) is 0 Å². The van der Waals surface area contributed by atoms with Crippen molar-refractivity contribution < 1.29 is 13.2 Å². The highest BCUT2D eigenvalue weighted by Gasteiger charge is 2.29. The Morgan fingerprint density at radius 3 is 2.50 bits per heavy atom. The molecule has 24 heavy (non-hydrogen) atoms. The van der Waals surface area contributed by atoms with Crippen LogP contribution in [-0.2, 0) is 14.8 Å². The van der Waals surface area contributed by atoms with Gasteiger partial charge in [0.2, 0.25) is 15.9 Å². The Balaban J connectivity index is 1.82. The smallest absolute Gasteiger partial charge is 0.243 e. The van der Waals surface area contributed by atoms with Crippen LogP contribution in [0.5, 0.6) is 0 Å². The van der Waals surface area contributed by atoms with Gasteiger partial charge in [0.05, 0.1) is 4.90 Å². The van der Waals surface area contributed by atoms with Crippen LogP contribution in [0.2, 0.25) is 0 Å². The quantitative estimate of drug-likeness (QED) is 0.634. The number of benzene rings is 1. The fourth-order valence-corrected chi connectivity index (χ4v) is 4.14. The van der Waals surface area contributed by atoms with Gasteiger partial charge in [0.25, 0.3) is 0 Å². The molecule has 0 spiro atoms. The lowest BCUT2D eigenvalue weighted by atomic mass is 9.98. The van der Waals surface area contributed by atoms with Gasteiger partial charge in [-0.05, 0) is 37.8 Å². The molecule has 2 rings (SSSR count). The number of nitrogens with one attached hydrogen (secondary N) is 1. The van der Waals surface area contributed by atoms with Gasteiger partial charge in [-0.15, -0.1) is 0 Å². The summed E-state index contributed by atoms with van der Waals surface area (Å²) in [5, 5.41) is 2.87. The Morgan fingerprint density at radius 2 is 1.88 bits per heavy atom. The third-order valence-electron chi connectivity index (χ3n) is 4.07. The minimum absolute atomic E-state index is 0.118. The van der Waals surface area contributed by atoms with Crippen molar-refractivity contribution in [2.24, 2.45) is 5.92 Å². The predicted molar refractivity (Wildman–Crippen MR) is 94.9 cm³/mol. The molecular formula is C18H24N2O3S. The second-order valence-corrected chi connectivity index (χ2v) is 7.73. The van der Waals surface area contributed by atoms with Gasteiger partial charge >= 0.3 is 0 Å². The summed E-state index contributed by atoms with van der Waals surface area (Å²) >= 11 is 0. The molecule has 1 aromatic carbocycles. The van der Waals surface area contributed by atoms with Crippen molar-refractivity contribution >= 4 is 15.9 Å². The molecule has 0 atom stereocenters.